The van der Waals surface area contributed by atoms with Crippen LogP contribution in [0.2, 0.25) is 0 Å². The van der Waals surface area contributed by atoms with Gasteiger partial charge in [0.25, 0.3) is 5.91 Å². The molecule has 1 aromatic carbocycles. The highest BCUT2D eigenvalue weighted by molar-refractivity contribution is 7.98. The summed E-state index contributed by atoms with van der Waals surface area (Å²) in [5, 5.41) is 2.43. The van der Waals surface area contributed by atoms with Crippen molar-refractivity contribution in [2.45, 2.75) is 19.4 Å². The predicted octanol–water partition coefficient (Wildman–Crippen LogP) is 3.22. The molecule has 1 amide bonds. The van der Waals surface area contributed by atoms with Gasteiger partial charge in [0.1, 0.15) is 17.3 Å². The lowest BCUT2D eigenvalue weighted by molar-refractivity contribution is 0.0742. The van der Waals surface area contributed by atoms with Crippen molar-refractivity contribution in [3.8, 4) is 0 Å². The molecule has 0 radical (unpaired) electrons. The van der Waals surface area contributed by atoms with Gasteiger partial charge in [-0.15, -0.1) is 0 Å². The van der Waals surface area contributed by atoms with Crippen molar-refractivity contribution in [2.24, 2.45) is 0 Å². The summed E-state index contributed by atoms with van der Waals surface area (Å²) in [4.78, 5) is 13.8. The second-order valence-electron chi connectivity index (χ2n) is 4.50. The predicted molar refractivity (Wildman–Crippen MR) is 80.5 cm³/mol. The van der Waals surface area contributed by atoms with Crippen LogP contribution in [-0.2, 0) is 0 Å². The number of thioether (sulfide) groups is 1. The van der Waals surface area contributed by atoms with Gasteiger partial charge in [0.05, 0.1) is 0 Å². The summed E-state index contributed by atoms with van der Waals surface area (Å²) < 4.78 is 27.4. The lowest BCUT2D eigenvalue weighted by atomic mass is 10.1. The Balaban J connectivity index is 3.03. The molecule has 0 aliphatic rings. The maximum atomic E-state index is 13.7. The van der Waals surface area contributed by atoms with E-state index in [1.54, 1.807) is 23.7 Å². The van der Waals surface area contributed by atoms with Crippen molar-refractivity contribution in [2.75, 3.05) is 31.4 Å². The van der Waals surface area contributed by atoms with Crippen LogP contribution < -0.4 is 5.32 Å². The number of anilines is 1. The number of halogens is 2. The van der Waals surface area contributed by atoms with E-state index in [9.17, 15) is 13.6 Å². The van der Waals surface area contributed by atoms with Gasteiger partial charge in [-0.05, 0) is 24.8 Å². The van der Waals surface area contributed by atoms with Crippen LogP contribution in [0.3, 0.4) is 0 Å². The molecule has 112 valence electrons. The Morgan fingerprint density at radius 3 is 2.35 bits per heavy atom. The Morgan fingerprint density at radius 1 is 1.40 bits per heavy atom. The monoisotopic (exact) mass is 302 g/mol. The van der Waals surface area contributed by atoms with E-state index in [0.717, 1.165) is 24.3 Å². The van der Waals surface area contributed by atoms with Crippen molar-refractivity contribution >= 4 is 23.4 Å². The van der Waals surface area contributed by atoms with Crippen LogP contribution >= 0.6 is 11.8 Å². The minimum Gasteiger partial charge on any atom is -0.383 e. The summed E-state index contributed by atoms with van der Waals surface area (Å²) in [7, 11) is 3.09. The molecule has 3 nitrogen and oxygen atoms in total. The maximum absolute atomic E-state index is 13.7. The topological polar surface area (TPSA) is 32.3 Å². The van der Waals surface area contributed by atoms with Crippen LogP contribution in [0.25, 0.3) is 0 Å². The average molecular weight is 302 g/mol. The lowest BCUT2D eigenvalue weighted by Gasteiger charge is -2.27. The van der Waals surface area contributed by atoms with Crippen LogP contribution in [-0.4, -0.2) is 43.0 Å². The molecule has 1 unspecified atom stereocenters. The normalized spacial score (nSPS) is 12.1. The molecule has 0 fully saturated rings. The number of carbonyl (C=O) groups excluding carboxylic acids is 1. The van der Waals surface area contributed by atoms with Crippen molar-refractivity contribution in [3.63, 3.8) is 0 Å². The van der Waals surface area contributed by atoms with Crippen LogP contribution in [0.4, 0.5) is 14.5 Å². The van der Waals surface area contributed by atoms with Crippen molar-refractivity contribution in [1.29, 1.82) is 0 Å². The molecular formula is C14H20F2N2OS. The Labute approximate surface area is 122 Å². The number of rotatable bonds is 6. The van der Waals surface area contributed by atoms with E-state index in [-0.39, 0.29) is 23.2 Å². The zero-order chi connectivity index (χ0) is 15.3. The van der Waals surface area contributed by atoms with E-state index in [1.807, 2.05) is 13.2 Å². The van der Waals surface area contributed by atoms with Crippen LogP contribution in [0, 0.1) is 11.6 Å². The second kappa shape index (κ2) is 7.47. The molecule has 1 atom stereocenters. The molecule has 20 heavy (non-hydrogen) atoms. The number of nitrogens with one attached hydrogen (secondary N) is 1. The van der Waals surface area contributed by atoms with Crippen molar-refractivity contribution < 1.29 is 13.6 Å². The van der Waals surface area contributed by atoms with E-state index >= 15 is 0 Å². The second-order valence-corrected chi connectivity index (χ2v) is 5.41. The molecule has 1 N–H and O–H groups in total. The minimum absolute atomic E-state index is 0.0288. The number of carbonyl (C=O) groups is 1. The van der Waals surface area contributed by atoms with Crippen LogP contribution in [0.1, 0.15) is 23.7 Å². The maximum Gasteiger partial charge on any atom is 0.254 e. The largest absolute Gasteiger partial charge is 0.383 e. The Hall–Kier alpha value is -1.30. The fourth-order valence-electron chi connectivity index (χ4n) is 2.00. The van der Waals surface area contributed by atoms with E-state index in [1.165, 1.54) is 7.05 Å². The molecule has 0 spiro atoms. The fraction of sp³-hybridized carbons (Fsp3) is 0.500. The Morgan fingerprint density at radius 2 is 1.95 bits per heavy atom. The van der Waals surface area contributed by atoms with E-state index in [2.05, 4.69) is 5.32 Å². The van der Waals surface area contributed by atoms with E-state index < -0.39 is 11.6 Å². The molecule has 0 bridgehead atoms. The first-order valence-corrected chi connectivity index (χ1v) is 7.78. The number of amides is 1. The van der Waals surface area contributed by atoms with Gasteiger partial charge in [-0.25, -0.2) is 8.78 Å². The lowest BCUT2D eigenvalue weighted by Crippen LogP contribution is -2.38. The summed E-state index contributed by atoms with van der Waals surface area (Å²) >= 11 is 1.64. The van der Waals surface area contributed by atoms with Crippen molar-refractivity contribution in [3.05, 3.63) is 29.3 Å². The standard InChI is InChI=1S/C14H20F2N2OS/c1-5-10(8-20-4)18(3)14(19)9-6-11(15)13(17-2)12(16)7-9/h6-7,10,17H,5,8H2,1-4H3. The summed E-state index contributed by atoms with van der Waals surface area (Å²) in [6.45, 7) is 1.98. The van der Waals surface area contributed by atoms with Gasteiger partial charge in [0.15, 0.2) is 0 Å². The Bertz CT molecular complexity index is 459. The highest BCUT2D eigenvalue weighted by Crippen LogP contribution is 2.22. The van der Waals surface area contributed by atoms with Crippen LogP contribution in [0.5, 0.6) is 0 Å². The molecule has 0 aromatic heterocycles. The molecule has 0 saturated carbocycles. The molecule has 0 aliphatic carbocycles. The zero-order valence-corrected chi connectivity index (χ0v) is 13.0. The van der Waals surface area contributed by atoms with Gasteiger partial charge in [0, 0.05) is 31.5 Å². The first-order valence-electron chi connectivity index (χ1n) is 6.39. The molecule has 1 aromatic rings. The smallest absolute Gasteiger partial charge is 0.254 e. The first-order chi connectivity index (χ1) is 9.46. The van der Waals surface area contributed by atoms with Gasteiger partial charge in [-0.2, -0.15) is 11.8 Å². The third-order valence-corrected chi connectivity index (χ3v) is 3.96. The molecule has 0 aliphatic heterocycles. The molecule has 0 saturated heterocycles. The van der Waals surface area contributed by atoms with Gasteiger partial charge in [-0.3, -0.25) is 4.79 Å². The van der Waals surface area contributed by atoms with Crippen LogP contribution in [0.15, 0.2) is 12.1 Å². The quantitative estimate of drug-likeness (QED) is 0.875. The van der Waals surface area contributed by atoms with Gasteiger partial charge in [-0.1, -0.05) is 6.92 Å². The Kier molecular flexibility index (Phi) is 6.26. The summed E-state index contributed by atoms with van der Waals surface area (Å²) in [6, 6.07) is 2.19. The number of hydrogen-bond acceptors (Lipinski definition) is 3. The molecule has 6 heteroatoms. The molecule has 1 rings (SSSR count). The number of nitrogens with zero attached hydrogens (tertiary/aromatic N) is 1. The fourth-order valence-corrected chi connectivity index (χ4v) is 2.84. The zero-order valence-electron chi connectivity index (χ0n) is 12.2. The SMILES string of the molecule is CCC(CSC)N(C)C(=O)c1cc(F)c(NC)c(F)c1. The summed E-state index contributed by atoms with van der Waals surface area (Å²) in [5.41, 5.74) is -0.193. The molecular weight excluding hydrogens is 282 g/mol. The highest BCUT2D eigenvalue weighted by Gasteiger charge is 2.21. The van der Waals surface area contributed by atoms with Crippen molar-refractivity contribution in [1.82, 2.24) is 4.90 Å². The first kappa shape index (κ1) is 16.8. The highest BCUT2D eigenvalue weighted by atomic mass is 32.2. The van der Waals surface area contributed by atoms with Gasteiger partial charge < -0.3 is 10.2 Å². The number of hydrogen-bond donors (Lipinski definition) is 1. The average Bonchev–Trinajstić information content (AvgIpc) is 2.42. The third kappa shape index (κ3) is 3.62. The van der Waals surface area contributed by atoms with E-state index in [4.69, 9.17) is 0 Å². The minimum atomic E-state index is -0.762. The molecule has 0 heterocycles. The third-order valence-electron chi connectivity index (χ3n) is 3.24. The van der Waals surface area contributed by atoms with Gasteiger partial charge >= 0.3 is 0 Å². The van der Waals surface area contributed by atoms with E-state index in [0.29, 0.717) is 0 Å². The number of benzene rings is 1. The van der Waals surface area contributed by atoms with Gasteiger partial charge in [0.2, 0.25) is 0 Å². The summed E-state index contributed by atoms with van der Waals surface area (Å²) in [6.07, 6.45) is 2.75. The summed E-state index contributed by atoms with van der Waals surface area (Å²) in [5.74, 6) is -1.10.